The van der Waals surface area contributed by atoms with E-state index in [2.05, 4.69) is 4.98 Å². The summed E-state index contributed by atoms with van der Waals surface area (Å²) in [5, 5.41) is 0. The number of hydrogen-bond donors (Lipinski definition) is 1. The predicted molar refractivity (Wildman–Crippen MR) is 74.5 cm³/mol. The Morgan fingerprint density at radius 3 is 2.68 bits per heavy atom. The molecule has 0 fully saturated rings. The second kappa shape index (κ2) is 5.75. The first kappa shape index (κ1) is 13.4. The fraction of sp³-hybridized carbons (Fsp3) is 0.357. The number of rotatable bonds is 5. The first-order valence-electron chi connectivity index (χ1n) is 6.14. The lowest BCUT2D eigenvalue weighted by Gasteiger charge is -2.10. The van der Waals surface area contributed by atoms with Crippen molar-refractivity contribution in [3.8, 4) is 22.9 Å². The summed E-state index contributed by atoms with van der Waals surface area (Å²) >= 11 is 0. The normalized spacial score (nSPS) is 10.5. The van der Waals surface area contributed by atoms with Gasteiger partial charge in [0, 0.05) is 25.7 Å². The Labute approximate surface area is 113 Å². The standard InChI is InChI=1S/C14H19N3O2/c1-17-9-10(6-7-15)16-14(17)12-5-4-11(18-2)8-13(12)19-3/h4-5,8-9H,6-7,15H2,1-3H3. The van der Waals surface area contributed by atoms with E-state index >= 15 is 0 Å². The lowest BCUT2D eigenvalue weighted by atomic mass is 10.2. The number of imidazole rings is 1. The van der Waals surface area contributed by atoms with E-state index in [-0.39, 0.29) is 0 Å². The zero-order chi connectivity index (χ0) is 13.8. The zero-order valence-electron chi connectivity index (χ0n) is 11.5. The van der Waals surface area contributed by atoms with Gasteiger partial charge in [-0.05, 0) is 18.7 Å². The van der Waals surface area contributed by atoms with Crippen LogP contribution >= 0.6 is 0 Å². The molecule has 1 aromatic heterocycles. The average molecular weight is 261 g/mol. The molecular formula is C14H19N3O2. The van der Waals surface area contributed by atoms with Gasteiger partial charge >= 0.3 is 0 Å². The van der Waals surface area contributed by atoms with Crippen LogP contribution in [0, 0.1) is 0 Å². The molecule has 0 radical (unpaired) electrons. The molecule has 0 aliphatic rings. The van der Waals surface area contributed by atoms with Crippen LogP contribution in [0.2, 0.25) is 0 Å². The number of ether oxygens (including phenoxy) is 2. The molecule has 0 atom stereocenters. The maximum atomic E-state index is 5.56. The summed E-state index contributed by atoms with van der Waals surface area (Å²) in [6.45, 7) is 0.593. The van der Waals surface area contributed by atoms with Gasteiger partial charge in [0.2, 0.25) is 0 Å². The Morgan fingerprint density at radius 2 is 2.05 bits per heavy atom. The van der Waals surface area contributed by atoms with Crippen LogP contribution < -0.4 is 15.2 Å². The smallest absolute Gasteiger partial charge is 0.143 e. The minimum absolute atomic E-state index is 0.593. The number of nitrogens with two attached hydrogens (primary N) is 1. The van der Waals surface area contributed by atoms with Gasteiger partial charge in [0.1, 0.15) is 17.3 Å². The third kappa shape index (κ3) is 2.71. The van der Waals surface area contributed by atoms with Crippen molar-refractivity contribution in [2.45, 2.75) is 6.42 Å². The fourth-order valence-electron chi connectivity index (χ4n) is 2.03. The third-order valence-corrected chi connectivity index (χ3v) is 2.98. The molecule has 5 nitrogen and oxygen atoms in total. The summed E-state index contributed by atoms with van der Waals surface area (Å²) < 4.78 is 12.6. The third-order valence-electron chi connectivity index (χ3n) is 2.98. The van der Waals surface area contributed by atoms with E-state index in [1.807, 2.05) is 36.0 Å². The van der Waals surface area contributed by atoms with Crippen molar-refractivity contribution in [1.82, 2.24) is 9.55 Å². The van der Waals surface area contributed by atoms with Crippen molar-refractivity contribution in [2.24, 2.45) is 12.8 Å². The van der Waals surface area contributed by atoms with Crippen LogP contribution in [0.3, 0.4) is 0 Å². The highest BCUT2D eigenvalue weighted by Crippen LogP contribution is 2.32. The highest BCUT2D eigenvalue weighted by molar-refractivity contribution is 5.66. The van der Waals surface area contributed by atoms with Crippen LogP contribution in [-0.2, 0) is 13.5 Å². The number of benzene rings is 1. The Kier molecular flexibility index (Phi) is 4.06. The van der Waals surface area contributed by atoms with E-state index in [4.69, 9.17) is 15.2 Å². The number of aryl methyl sites for hydroxylation is 1. The predicted octanol–water partition coefficient (Wildman–Crippen LogP) is 1.61. The van der Waals surface area contributed by atoms with E-state index < -0.39 is 0 Å². The highest BCUT2D eigenvalue weighted by atomic mass is 16.5. The van der Waals surface area contributed by atoms with Gasteiger partial charge in [0.15, 0.2) is 0 Å². The lowest BCUT2D eigenvalue weighted by molar-refractivity contribution is 0.395. The van der Waals surface area contributed by atoms with Crippen LogP contribution in [0.4, 0.5) is 0 Å². The van der Waals surface area contributed by atoms with E-state index in [0.717, 1.165) is 35.0 Å². The number of nitrogens with zero attached hydrogens (tertiary/aromatic N) is 2. The van der Waals surface area contributed by atoms with Gasteiger partial charge in [-0.3, -0.25) is 0 Å². The van der Waals surface area contributed by atoms with Crippen molar-refractivity contribution in [3.05, 3.63) is 30.1 Å². The first-order valence-corrected chi connectivity index (χ1v) is 6.14. The Hall–Kier alpha value is -2.01. The lowest BCUT2D eigenvalue weighted by Crippen LogP contribution is -2.02. The van der Waals surface area contributed by atoms with Crippen molar-refractivity contribution in [1.29, 1.82) is 0 Å². The fourth-order valence-corrected chi connectivity index (χ4v) is 2.03. The maximum Gasteiger partial charge on any atom is 0.143 e. The minimum atomic E-state index is 0.593. The Bertz CT molecular complexity index is 564. The number of methoxy groups -OCH3 is 2. The molecule has 1 aromatic carbocycles. The molecule has 0 amide bonds. The first-order chi connectivity index (χ1) is 9.19. The van der Waals surface area contributed by atoms with Crippen LogP contribution in [0.15, 0.2) is 24.4 Å². The van der Waals surface area contributed by atoms with Gasteiger partial charge in [-0.1, -0.05) is 0 Å². The number of hydrogen-bond acceptors (Lipinski definition) is 4. The molecule has 102 valence electrons. The summed E-state index contributed by atoms with van der Waals surface area (Å²) in [5.74, 6) is 2.37. The molecule has 0 bridgehead atoms. The van der Waals surface area contributed by atoms with Crippen molar-refractivity contribution in [3.63, 3.8) is 0 Å². The monoisotopic (exact) mass is 261 g/mol. The van der Waals surface area contributed by atoms with Crippen molar-refractivity contribution in [2.75, 3.05) is 20.8 Å². The topological polar surface area (TPSA) is 62.3 Å². The van der Waals surface area contributed by atoms with Crippen LogP contribution in [0.5, 0.6) is 11.5 Å². The minimum Gasteiger partial charge on any atom is -0.497 e. The van der Waals surface area contributed by atoms with Crippen LogP contribution in [0.25, 0.3) is 11.4 Å². The van der Waals surface area contributed by atoms with Gasteiger partial charge in [-0.15, -0.1) is 0 Å². The SMILES string of the molecule is COc1ccc(-c2nc(CCN)cn2C)c(OC)c1. The molecule has 0 aliphatic heterocycles. The molecule has 2 rings (SSSR count). The Morgan fingerprint density at radius 1 is 1.26 bits per heavy atom. The number of aromatic nitrogens is 2. The largest absolute Gasteiger partial charge is 0.497 e. The molecule has 0 unspecified atom stereocenters. The molecule has 0 aliphatic carbocycles. The van der Waals surface area contributed by atoms with Gasteiger partial charge in [0.25, 0.3) is 0 Å². The van der Waals surface area contributed by atoms with Gasteiger partial charge in [0.05, 0.1) is 25.5 Å². The quantitative estimate of drug-likeness (QED) is 0.888. The van der Waals surface area contributed by atoms with Gasteiger partial charge in [-0.2, -0.15) is 0 Å². The maximum absolute atomic E-state index is 5.56. The van der Waals surface area contributed by atoms with Crippen molar-refractivity contribution >= 4 is 0 Å². The Balaban J connectivity index is 2.45. The second-order valence-corrected chi connectivity index (χ2v) is 4.27. The summed E-state index contributed by atoms with van der Waals surface area (Å²) in [7, 11) is 5.24. The second-order valence-electron chi connectivity index (χ2n) is 4.27. The van der Waals surface area contributed by atoms with Crippen LogP contribution in [-0.4, -0.2) is 30.3 Å². The molecule has 19 heavy (non-hydrogen) atoms. The highest BCUT2D eigenvalue weighted by Gasteiger charge is 2.13. The van der Waals surface area contributed by atoms with Gasteiger partial charge < -0.3 is 19.8 Å². The molecule has 0 spiro atoms. The summed E-state index contributed by atoms with van der Waals surface area (Å²) in [5.41, 5.74) is 7.49. The molecule has 5 heteroatoms. The molecule has 1 heterocycles. The average Bonchev–Trinajstić information content (AvgIpc) is 2.79. The zero-order valence-corrected chi connectivity index (χ0v) is 11.5. The van der Waals surface area contributed by atoms with E-state index in [0.29, 0.717) is 6.54 Å². The summed E-state index contributed by atoms with van der Waals surface area (Å²) in [4.78, 5) is 4.60. The molecular weight excluding hydrogens is 242 g/mol. The van der Waals surface area contributed by atoms with E-state index in [9.17, 15) is 0 Å². The van der Waals surface area contributed by atoms with E-state index in [1.165, 1.54) is 0 Å². The molecule has 2 N–H and O–H groups in total. The van der Waals surface area contributed by atoms with Gasteiger partial charge in [-0.25, -0.2) is 4.98 Å². The van der Waals surface area contributed by atoms with E-state index in [1.54, 1.807) is 14.2 Å². The summed E-state index contributed by atoms with van der Waals surface area (Å²) in [6.07, 6.45) is 2.76. The molecule has 2 aromatic rings. The van der Waals surface area contributed by atoms with Crippen LogP contribution in [0.1, 0.15) is 5.69 Å². The summed E-state index contributed by atoms with van der Waals surface area (Å²) in [6, 6.07) is 5.70. The van der Waals surface area contributed by atoms with Crippen molar-refractivity contribution < 1.29 is 9.47 Å². The molecule has 0 saturated carbocycles. The molecule has 0 saturated heterocycles.